The first-order chi connectivity index (χ1) is 10.7. The molecule has 0 fully saturated rings. The number of sulfone groups is 1. The van der Waals surface area contributed by atoms with E-state index in [0.717, 1.165) is 6.92 Å². The van der Waals surface area contributed by atoms with Crippen molar-refractivity contribution in [1.82, 2.24) is 0 Å². The van der Waals surface area contributed by atoms with Crippen molar-refractivity contribution in [3.63, 3.8) is 0 Å². The molecule has 0 saturated carbocycles. The molecular weight excluding hydrogens is 386 g/mol. The first kappa shape index (κ1) is 19.3. The van der Waals surface area contributed by atoms with Gasteiger partial charge in [0, 0.05) is 11.8 Å². The predicted molar refractivity (Wildman–Crippen MR) is 71.9 cm³/mol. The Balaban J connectivity index is 2.48. The number of halogens is 6. The van der Waals surface area contributed by atoms with Crippen molar-refractivity contribution in [1.29, 1.82) is 0 Å². The first-order valence-corrected chi connectivity index (χ1v) is 9.15. The molecule has 1 heterocycles. The molecule has 12 heteroatoms. The highest BCUT2D eigenvalue weighted by atomic mass is 32.2. The van der Waals surface area contributed by atoms with Gasteiger partial charge in [0.1, 0.15) is 16.9 Å². The van der Waals surface area contributed by atoms with Crippen molar-refractivity contribution < 1.29 is 44.6 Å². The van der Waals surface area contributed by atoms with Gasteiger partial charge in [-0.25, -0.2) is 12.8 Å². The van der Waals surface area contributed by atoms with Gasteiger partial charge in [-0.3, -0.25) is 0 Å². The average Bonchev–Trinajstić information content (AvgIpc) is 2.87. The monoisotopic (exact) mass is 398 g/mol. The van der Waals surface area contributed by atoms with Gasteiger partial charge in [0.2, 0.25) is 0 Å². The highest BCUT2D eigenvalue weighted by Crippen LogP contribution is 2.60. The van der Waals surface area contributed by atoms with E-state index in [1.54, 1.807) is 0 Å². The molecule has 4 nitrogen and oxygen atoms in total. The molecular formula is C12H12F6O4S2. The van der Waals surface area contributed by atoms with E-state index in [0.29, 0.717) is 6.26 Å². The van der Waals surface area contributed by atoms with E-state index in [4.69, 9.17) is 4.74 Å². The summed E-state index contributed by atoms with van der Waals surface area (Å²) in [4.78, 5) is 0. The molecule has 0 aliphatic heterocycles. The fourth-order valence-electron chi connectivity index (χ4n) is 2.11. The molecule has 1 aliphatic rings. The standard InChI is InChI=1S/C12H12F6O4S2/c1-4(12(16,17)18)3-22-9-5-6(10(23-9)24(2,20)21)8(19)11(14,15)7(5)13/h4,7-8,19H,3H2,1-2H3/t4?,7-,8+/m1/s1. The van der Waals surface area contributed by atoms with Crippen molar-refractivity contribution in [2.75, 3.05) is 12.9 Å². The molecule has 2 rings (SSSR count). The summed E-state index contributed by atoms with van der Waals surface area (Å²) in [7, 11) is -4.12. The van der Waals surface area contributed by atoms with Crippen LogP contribution in [0.5, 0.6) is 5.06 Å². The van der Waals surface area contributed by atoms with Crippen molar-refractivity contribution in [2.24, 2.45) is 5.92 Å². The molecule has 1 aromatic heterocycles. The van der Waals surface area contributed by atoms with Crippen LogP contribution in [0.2, 0.25) is 0 Å². The number of fused-ring (bicyclic) bond motifs is 1. The molecule has 138 valence electrons. The molecule has 3 atom stereocenters. The van der Waals surface area contributed by atoms with E-state index in [1.807, 2.05) is 0 Å². The van der Waals surface area contributed by atoms with Crippen LogP contribution in [0.1, 0.15) is 30.3 Å². The van der Waals surface area contributed by atoms with Crippen molar-refractivity contribution in [3.05, 3.63) is 11.1 Å². The van der Waals surface area contributed by atoms with Crippen LogP contribution < -0.4 is 4.74 Å². The molecule has 0 radical (unpaired) electrons. The summed E-state index contributed by atoms with van der Waals surface area (Å²) in [5, 5.41) is 8.86. The minimum absolute atomic E-state index is 0.219. The van der Waals surface area contributed by atoms with Gasteiger partial charge in [-0.15, -0.1) is 0 Å². The first-order valence-electron chi connectivity index (χ1n) is 6.45. The number of hydrogen-bond donors (Lipinski definition) is 1. The molecule has 0 bridgehead atoms. The summed E-state index contributed by atoms with van der Waals surface area (Å²) in [6.45, 7) is -0.240. The summed E-state index contributed by atoms with van der Waals surface area (Å²) >= 11 is 0.219. The molecule has 0 amide bonds. The number of rotatable bonds is 4. The van der Waals surface area contributed by atoms with E-state index in [-0.39, 0.29) is 11.3 Å². The van der Waals surface area contributed by atoms with E-state index in [2.05, 4.69) is 0 Å². The second-order valence-electron chi connectivity index (χ2n) is 5.47. The maximum absolute atomic E-state index is 14.0. The number of alkyl halides is 6. The summed E-state index contributed by atoms with van der Waals surface area (Å²) in [5.41, 5.74) is -1.76. The van der Waals surface area contributed by atoms with Crippen molar-refractivity contribution in [3.8, 4) is 5.06 Å². The van der Waals surface area contributed by atoms with Crippen LogP contribution in [0.3, 0.4) is 0 Å². The summed E-state index contributed by atoms with van der Waals surface area (Å²) in [6.07, 6.45) is -9.78. The van der Waals surface area contributed by atoms with Gasteiger partial charge < -0.3 is 9.84 Å². The van der Waals surface area contributed by atoms with Gasteiger partial charge in [0.15, 0.2) is 21.1 Å². The fraction of sp³-hybridized carbons (Fsp3) is 0.667. The van der Waals surface area contributed by atoms with E-state index in [9.17, 15) is 39.9 Å². The predicted octanol–water partition coefficient (Wildman–Crippen LogP) is 3.42. The van der Waals surface area contributed by atoms with E-state index in [1.165, 1.54) is 0 Å². The quantitative estimate of drug-likeness (QED) is 0.790. The number of aliphatic hydroxyl groups is 1. The zero-order valence-electron chi connectivity index (χ0n) is 12.2. The van der Waals surface area contributed by atoms with Gasteiger partial charge in [-0.05, 0) is 0 Å². The Hall–Kier alpha value is -1.01. The lowest BCUT2D eigenvalue weighted by molar-refractivity contribution is -0.176. The Kier molecular flexibility index (Phi) is 4.64. The molecule has 0 aromatic carbocycles. The number of hydrogen-bond acceptors (Lipinski definition) is 5. The van der Waals surface area contributed by atoms with Crippen molar-refractivity contribution in [2.45, 2.75) is 35.5 Å². The lowest BCUT2D eigenvalue weighted by atomic mass is 10.2. The number of thiophene rings is 1. The second-order valence-corrected chi connectivity index (χ2v) is 8.66. The Morgan fingerprint density at radius 1 is 1.33 bits per heavy atom. The summed E-state index contributed by atoms with van der Waals surface area (Å²) in [6, 6.07) is 0. The largest absolute Gasteiger partial charge is 0.483 e. The normalized spacial score (nSPS) is 24.7. The van der Waals surface area contributed by atoms with Crippen LogP contribution in [-0.4, -0.2) is 38.5 Å². The Morgan fingerprint density at radius 3 is 2.33 bits per heavy atom. The average molecular weight is 398 g/mol. The Morgan fingerprint density at radius 2 is 1.88 bits per heavy atom. The SMILES string of the molecule is CC(COc1sc(S(C)(=O)=O)c2c1[C@@H](F)C(F)(F)[C@H]2O)C(F)(F)F. The minimum atomic E-state index is -4.63. The highest BCUT2D eigenvalue weighted by Gasteiger charge is 2.60. The maximum atomic E-state index is 14.0. The number of aliphatic hydroxyl groups excluding tert-OH is 1. The lowest BCUT2D eigenvalue weighted by Gasteiger charge is -2.18. The zero-order valence-corrected chi connectivity index (χ0v) is 13.8. The topological polar surface area (TPSA) is 63.6 Å². The summed E-state index contributed by atoms with van der Waals surface area (Å²) in [5.74, 6) is -6.28. The van der Waals surface area contributed by atoms with Crippen LogP contribution >= 0.6 is 11.3 Å². The smallest absolute Gasteiger partial charge is 0.394 e. The van der Waals surface area contributed by atoms with Crippen molar-refractivity contribution >= 4 is 21.2 Å². The van der Waals surface area contributed by atoms with Gasteiger partial charge in [0.05, 0.1) is 11.5 Å². The third-order valence-electron chi connectivity index (χ3n) is 3.50. The molecule has 24 heavy (non-hydrogen) atoms. The van der Waals surface area contributed by atoms with Crippen LogP contribution in [0.25, 0.3) is 0 Å². The molecule has 1 N–H and O–H groups in total. The molecule has 1 unspecified atom stereocenters. The van der Waals surface area contributed by atoms with Gasteiger partial charge in [-0.1, -0.05) is 18.3 Å². The summed E-state index contributed by atoms with van der Waals surface area (Å²) < 4.78 is 106. The molecule has 1 aromatic rings. The van der Waals surface area contributed by atoms with E-state index < -0.39 is 67.1 Å². The van der Waals surface area contributed by atoms with Crippen LogP contribution in [-0.2, 0) is 9.84 Å². The zero-order chi connectivity index (χ0) is 18.7. The highest BCUT2D eigenvalue weighted by molar-refractivity contribution is 7.92. The molecule has 0 saturated heterocycles. The minimum Gasteiger partial charge on any atom is -0.483 e. The molecule has 0 spiro atoms. The second kappa shape index (κ2) is 5.77. The van der Waals surface area contributed by atoms with Crippen LogP contribution in [0.15, 0.2) is 4.21 Å². The molecule has 1 aliphatic carbocycles. The van der Waals surface area contributed by atoms with Gasteiger partial charge >= 0.3 is 12.1 Å². The van der Waals surface area contributed by atoms with Crippen LogP contribution in [0, 0.1) is 5.92 Å². The lowest BCUT2D eigenvalue weighted by Crippen LogP contribution is -2.26. The van der Waals surface area contributed by atoms with Crippen LogP contribution in [0.4, 0.5) is 26.3 Å². The number of ether oxygens (including phenoxy) is 1. The third-order valence-corrected chi connectivity index (χ3v) is 6.48. The Bertz CT molecular complexity index is 739. The fourth-order valence-corrected chi connectivity index (χ4v) is 4.52. The van der Waals surface area contributed by atoms with E-state index >= 15 is 0 Å². The maximum Gasteiger partial charge on any atom is 0.394 e. The van der Waals surface area contributed by atoms with Gasteiger partial charge in [0.25, 0.3) is 0 Å². The third kappa shape index (κ3) is 3.10. The Labute approximate surface area is 137 Å². The van der Waals surface area contributed by atoms with Gasteiger partial charge in [-0.2, -0.15) is 22.0 Å².